The summed E-state index contributed by atoms with van der Waals surface area (Å²) < 4.78 is 0. The van der Waals surface area contributed by atoms with Crippen LogP contribution in [0.5, 0.6) is 0 Å². The number of hydrogen-bond donors (Lipinski definition) is 2. The van der Waals surface area contributed by atoms with Gasteiger partial charge in [-0.25, -0.2) is 0 Å². The van der Waals surface area contributed by atoms with Gasteiger partial charge in [0.25, 0.3) is 0 Å². The van der Waals surface area contributed by atoms with E-state index in [0.29, 0.717) is 6.54 Å². The number of rotatable bonds is 7. The maximum atomic E-state index is 10.9. The zero-order valence-electron chi connectivity index (χ0n) is 14.8. The number of aliphatic hydroxyl groups excluding tert-OH is 1. The van der Waals surface area contributed by atoms with Crippen molar-refractivity contribution in [2.75, 3.05) is 0 Å². The lowest BCUT2D eigenvalue weighted by atomic mass is 9.86. The van der Waals surface area contributed by atoms with Gasteiger partial charge in [-0.3, -0.25) is 0 Å². The number of halogens is 1. The van der Waals surface area contributed by atoms with Crippen molar-refractivity contribution < 1.29 is 5.11 Å². The molecule has 0 unspecified atom stereocenters. The van der Waals surface area contributed by atoms with Crippen molar-refractivity contribution in [3.8, 4) is 0 Å². The number of nitrogens with one attached hydrogen (secondary N) is 1. The first-order chi connectivity index (χ1) is 12.6. The summed E-state index contributed by atoms with van der Waals surface area (Å²) in [5.41, 5.74) is 3.27. The van der Waals surface area contributed by atoms with E-state index in [1.807, 2.05) is 72.8 Å². The molecule has 3 atom stereocenters. The number of aliphatic hydroxyl groups is 1. The molecule has 2 nitrogen and oxygen atoms in total. The van der Waals surface area contributed by atoms with Crippen molar-refractivity contribution in [2.45, 2.75) is 25.6 Å². The van der Waals surface area contributed by atoms with Crippen LogP contribution in [0, 0.1) is 5.92 Å². The van der Waals surface area contributed by atoms with E-state index in [0.717, 1.165) is 16.1 Å². The second kappa shape index (κ2) is 9.00. The quantitative estimate of drug-likeness (QED) is 0.576. The first-order valence-electron chi connectivity index (χ1n) is 8.91. The Balaban J connectivity index is 1.80. The molecule has 0 fully saturated rings. The molecule has 0 saturated heterocycles. The van der Waals surface area contributed by atoms with Gasteiger partial charge in [0.1, 0.15) is 0 Å². The minimum atomic E-state index is -0.542. The van der Waals surface area contributed by atoms with Crippen molar-refractivity contribution in [2.24, 2.45) is 5.92 Å². The largest absolute Gasteiger partial charge is 0.388 e. The van der Waals surface area contributed by atoms with Gasteiger partial charge in [-0.05, 0) is 28.8 Å². The van der Waals surface area contributed by atoms with Gasteiger partial charge in [-0.15, -0.1) is 0 Å². The molecule has 3 aromatic carbocycles. The Morgan fingerprint density at radius 1 is 0.808 bits per heavy atom. The minimum Gasteiger partial charge on any atom is -0.388 e. The van der Waals surface area contributed by atoms with Crippen LogP contribution in [-0.2, 0) is 6.54 Å². The number of hydrogen-bond acceptors (Lipinski definition) is 2. The summed E-state index contributed by atoms with van der Waals surface area (Å²) in [6, 6.07) is 28.0. The van der Waals surface area contributed by atoms with Crippen LogP contribution >= 0.6 is 11.6 Å². The van der Waals surface area contributed by atoms with E-state index >= 15 is 0 Å². The fourth-order valence-corrected chi connectivity index (χ4v) is 3.36. The highest BCUT2D eigenvalue weighted by molar-refractivity contribution is 6.30. The Bertz CT molecular complexity index is 789. The van der Waals surface area contributed by atoms with Crippen molar-refractivity contribution in [3.63, 3.8) is 0 Å². The van der Waals surface area contributed by atoms with Crippen LogP contribution in [0.15, 0.2) is 84.9 Å². The Labute approximate surface area is 160 Å². The van der Waals surface area contributed by atoms with Gasteiger partial charge in [0.15, 0.2) is 0 Å². The van der Waals surface area contributed by atoms with Crippen LogP contribution < -0.4 is 5.32 Å². The van der Waals surface area contributed by atoms with E-state index < -0.39 is 6.10 Å². The van der Waals surface area contributed by atoms with E-state index in [-0.39, 0.29) is 12.0 Å². The van der Waals surface area contributed by atoms with Gasteiger partial charge < -0.3 is 10.4 Å². The highest BCUT2D eigenvalue weighted by Crippen LogP contribution is 2.32. The first kappa shape index (κ1) is 18.7. The second-order valence-corrected chi connectivity index (χ2v) is 7.05. The zero-order chi connectivity index (χ0) is 18.4. The summed E-state index contributed by atoms with van der Waals surface area (Å²) in [6.45, 7) is 2.80. The van der Waals surface area contributed by atoms with Crippen LogP contribution in [0.2, 0.25) is 5.02 Å². The lowest BCUT2D eigenvalue weighted by Gasteiger charge is -2.30. The summed E-state index contributed by atoms with van der Waals surface area (Å²) in [7, 11) is 0. The molecule has 3 rings (SSSR count). The third kappa shape index (κ3) is 4.73. The normalized spacial score (nSPS) is 14.6. The molecule has 0 saturated carbocycles. The molecule has 0 heterocycles. The lowest BCUT2D eigenvalue weighted by molar-refractivity contribution is 0.0931. The van der Waals surface area contributed by atoms with Crippen LogP contribution in [0.1, 0.15) is 35.8 Å². The van der Waals surface area contributed by atoms with Gasteiger partial charge in [0.2, 0.25) is 0 Å². The highest BCUT2D eigenvalue weighted by Gasteiger charge is 2.26. The summed E-state index contributed by atoms with van der Waals surface area (Å²) in [6.07, 6.45) is -0.542. The van der Waals surface area contributed by atoms with E-state index in [9.17, 15) is 5.11 Å². The summed E-state index contributed by atoms with van der Waals surface area (Å²) in [5, 5.41) is 15.3. The smallest absolute Gasteiger partial charge is 0.0833 e. The second-order valence-electron chi connectivity index (χ2n) is 6.61. The van der Waals surface area contributed by atoms with Crippen LogP contribution in [0.3, 0.4) is 0 Å². The van der Waals surface area contributed by atoms with Crippen LogP contribution in [-0.4, -0.2) is 5.11 Å². The van der Waals surface area contributed by atoms with Gasteiger partial charge >= 0.3 is 0 Å². The molecule has 26 heavy (non-hydrogen) atoms. The molecule has 0 aromatic heterocycles. The van der Waals surface area contributed by atoms with Gasteiger partial charge in [0, 0.05) is 23.5 Å². The van der Waals surface area contributed by atoms with Gasteiger partial charge in [0.05, 0.1) is 6.10 Å². The van der Waals surface area contributed by atoms with Crippen molar-refractivity contribution in [3.05, 3.63) is 107 Å². The molecular formula is C23H24ClNO. The standard InChI is InChI=1S/C23H24ClNO/c1-17(23(26)20-10-6-3-7-11-20)22(19-8-4-2-5-9-19)25-16-18-12-14-21(24)15-13-18/h2-15,17,22-23,25-26H,16H2,1H3/t17-,22+,23+/m1/s1. The van der Waals surface area contributed by atoms with Crippen LogP contribution in [0.4, 0.5) is 0 Å². The topological polar surface area (TPSA) is 32.3 Å². The predicted octanol–water partition coefficient (Wildman–Crippen LogP) is 5.54. The van der Waals surface area contributed by atoms with E-state index in [2.05, 4.69) is 24.4 Å². The van der Waals surface area contributed by atoms with Crippen LogP contribution in [0.25, 0.3) is 0 Å². The van der Waals surface area contributed by atoms with Gasteiger partial charge in [-0.2, -0.15) is 0 Å². The van der Waals surface area contributed by atoms with Crippen molar-refractivity contribution >= 4 is 11.6 Å². The molecule has 134 valence electrons. The molecule has 0 aliphatic rings. The lowest BCUT2D eigenvalue weighted by Crippen LogP contribution is -2.30. The maximum Gasteiger partial charge on any atom is 0.0833 e. The Morgan fingerprint density at radius 3 is 1.92 bits per heavy atom. The zero-order valence-corrected chi connectivity index (χ0v) is 15.6. The molecule has 0 spiro atoms. The average Bonchev–Trinajstić information content (AvgIpc) is 2.70. The Hall–Kier alpha value is -2.13. The van der Waals surface area contributed by atoms with Crippen molar-refractivity contribution in [1.29, 1.82) is 0 Å². The van der Waals surface area contributed by atoms with Gasteiger partial charge in [-0.1, -0.05) is 91.3 Å². The molecule has 2 N–H and O–H groups in total. The van der Waals surface area contributed by atoms with Crippen molar-refractivity contribution in [1.82, 2.24) is 5.32 Å². The first-order valence-corrected chi connectivity index (χ1v) is 9.29. The molecular weight excluding hydrogens is 342 g/mol. The molecule has 0 amide bonds. The SMILES string of the molecule is C[C@@H]([C@H](O)c1ccccc1)[C@H](NCc1ccc(Cl)cc1)c1ccccc1. The third-order valence-corrected chi connectivity index (χ3v) is 5.01. The summed E-state index contributed by atoms with van der Waals surface area (Å²) >= 11 is 5.98. The maximum absolute atomic E-state index is 10.9. The minimum absolute atomic E-state index is 0.00657. The van der Waals surface area contributed by atoms with E-state index in [1.54, 1.807) is 0 Å². The molecule has 0 aliphatic carbocycles. The Kier molecular flexibility index (Phi) is 6.45. The fourth-order valence-electron chi connectivity index (χ4n) is 3.23. The highest BCUT2D eigenvalue weighted by atomic mass is 35.5. The Morgan fingerprint density at radius 2 is 1.35 bits per heavy atom. The predicted molar refractivity (Wildman–Crippen MR) is 108 cm³/mol. The van der Waals surface area contributed by atoms with E-state index in [1.165, 1.54) is 5.56 Å². The molecule has 3 heteroatoms. The monoisotopic (exact) mass is 365 g/mol. The molecule has 0 aliphatic heterocycles. The molecule has 0 bridgehead atoms. The van der Waals surface area contributed by atoms with E-state index in [4.69, 9.17) is 11.6 Å². The average molecular weight is 366 g/mol. The summed E-state index contributed by atoms with van der Waals surface area (Å²) in [5.74, 6) is 0.00657. The molecule has 3 aromatic rings. The third-order valence-electron chi connectivity index (χ3n) is 4.76. The molecule has 0 radical (unpaired) electrons. The number of benzene rings is 3. The summed E-state index contributed by atoms with van der Waals surface area (Å²) in [4.78, 5) is 0. The fraction of sp³-hybridized carbons (Fsp3) is 0.217.